The monoisotopic (exact) mass is 200 g/mol. The van der Waals surface area contributed by atoms with E-state index in [1.54, 1.807) is 0 Å². The van der Waals surface area contributed by atoms with Crippen LogP contribution in [0.2, 0.25) is 0 Å². The SMILES string of the molecule is CCC(CC)(CN)C(=O)NC(C)(C)C. The predicted molar refractivity (Wildman–Crippen MR) is 60.0 cm³/mol. The molecular weight excluding hydrogens is 176 g/mol. The van der Waals surface area contributed by atoms with E-state index in [2.05, 4.69) is 5.32 Å². The molecule has 0 rings (SSSR count). The molecule has 0 atom stereocenters. The van der Waals surface area contributed by atoms with Gasteiger partial charge in [0, 0.05) is 12.1 Å². The van der Waals surface area contributed by atoms with Gasteiger partial charge in [0.2, 0.25) is 5.91 Å². The minimum absolute atomic E-state index is 0.0810. The van der Waals surface area contributed by atoms with Crippen LogP contribution in [0.25, 0.3) is 0 Å². The molecule has 0 spiro atoms. The van der Waals surface area contributed by atoms with Gasteiger partial charge in [-0.15, -0.1) is 0 Å². The van der Waals surface area contributed by atoms with Crippen molar-refractivity contribution in [3.05, 3.63) is 0 Å². The van der Waals surface area contributed by atoms with Gasteiger partial charge in [0.1, 0.15) is 0 Å². The minimum atomic E-state index is -0.382. The average Bonchev–Trinajstić information content (AvgIpc) is 2.05. The van der Waals surface area contributed by atoms with E-state index in [0.717, 1.165) is 12.8 Å². The predicted octanol–water partition coefficient (Wildman–Crippen LogP) is 1.67. The van der Waals surface area contributed by atoms with Crippen molar-refractivity contribution in [1.29, 1.82) is 0 Å². The maximum Gasteiger partial charge on any atom is 0.227 e. The van der Waals surface area contributed by atoms with Crippen LogP contribution in [-0.4, -0.2) is 18.0 Å². The molecule has 0 aromatic rings. The molecule has 3 N–H and O–H groups in total. The second kappa shape index (κ2) is 4.78. The summed E-state index contributed by atoms with van der Waals surface area (Å²) in [5, 5.41) is 2.99. The highest BCUT2D eigenvalue weighted by molar-refractivity contribution is 5.83. The summed E-state index contributed by atoms with van der Waals surface area (Å²) >= 11 is 0. The Balaban J connectivity index is 4.61. The Morgan fingerprint density at radius 3 is 1.86 bits per heavy atom. The van der Waals surface area contributed by atoms with Crippen molar-refractivity contribution in [2.45, 2.75) is 53.0 Å². The largest absolute Gasteiger partial charge is 0.351 e. The van der Waals surface area contributed by atoms with Crippen LogP contribution in [0.4, 0.5) is 0 Å². The molecule has 0 aliphatic carbocycles. The second-order valence-electron chi connectivity index (χ2n) is 4.90. The number of nitrogens with one attached hydrogen (secondary N) is 1. The van der Waals surface area contributed by atoms with Crippen molar-refractivity contribution in [1.82, 2.24) is 5.32 Å². The minimum Gasteiger partial charge on any atom is -0.351 e. The van der Waals surface area contributed by atoms with E-state index in [-0.39, 0.29) is 16.9 Å². The fourth-order valence-corrected chi connectivity index (χ4v) is 1.43. The number of amides is 1. The Bertz CT molecular complexity index is 182. The van der Waals surface area contributed by atoms with E-state index in [1.807, 2.05) is 34.6 Å². The molecule has 0 aliphatic rings. The van der Waals surface area contributed by atoms with Gasteiger partial charge in [-0.25, -0.2) is 0 Å². The van der Waals surface area contributed by atoms with Gasteiger partial charge in [-0.2, -0.15) is 0 Å². The molecule has 14 heavy (non-hydrogen) atoms. The number of nitrogens with two attached hydrogens (primary N) is 1. The zero-order valence-electron chi connectivity index (χ0n) is 10.1. The van der Waals surface area contributed by atoms with Gasteiger partial charge in [-0.1, -0.05) is 13.8 Å². The topological polar surface area (TPSA) is 55.1 Å². The molecule has 0 aromatic heterocycles. The molecule has 0 aliphatic heterocycles. The van der Waals surface area contributed by atoms with Crippen molar-refractivity contribution >= 4 is 5.91 Å². The number of hydrogen-bond acceptors (Lipinski definition) is 2. The Hall–Kier alpha value is -0.570. The molecule has 3 heteroatoms. The molecule has 3 nitrogen and oxygen atoms in total. The Morgan fingerprint density at radius 2 is 1.64 bits per heavy atom. The fourth-order valence-electron chi connectivity index (χ4n) is 1.43. The first-order valence-corrected chi connectivity index (χ1v) is 5.34. The molecule has 0 aromatic carbocycles. The van der Waals surface area contributed by atoms with Gasteiger partial charge in [-0.3, -0.25) is 4.79 Å². The Kier molecular flexibility index (Phi) is 4.59. The van der Waals surface area contributed by atoms with E-state index in [1.165, 1.54) is 0 Å². The van der Waals surface area contributed by atoms with Gasteiger partial charge < -0.3 is 11.1 Å². The Labute approximate surface area is 87.4 Å². The smallest absolute Gasteiger partial charge is 0.227 e. The van der Waals surface area contributed by atoms with Crippen LogP contribution in [0.3, 0.4) is 0 Å². The zero-order chi connectivity index (χ0) is 11.4. The van der Waals surface area contributed by atoms with E-state index in [0.29, 0.717) is 6.54 Å². The summed E-state index contributed by atoms with van der Waals surface area (Å²) in [5.74, 6) is 0.0810. The van der Waals surface area contributed by atoms with Crippen LogP contribution >= 0.6 is 0 Å². The first kappa shape index (κ1) is 13.4. The number of carbonyl (C=O) groups is 1. The fraction of sp³-hybridized carbons (Fsp3) is 0.909. The third kappa shape index (κ3) is 3.29. The summed E-state index contributed by atoms with van der Waals surface area (Å²) in [6, 6.07) is 0. The van der Waals surface area contributed by atoms with E-state index in [4.69, 9.17) is 5.73 Å². The summed E-state index contributed by atoms with van der Waals surface area (Å²) in [4.78, 5) is 12.0. The highest BCUT2D eigenvalue weighted by Crippen LogP contribution is 2.25. The lowest BCUT2D eigenvalue weighted by molar-refractivity contribution is -0.132. The molecule has 1 amide bonds. The number of carbonyl (C=O) groups excluding carboxylic acids is 1. The zero-order valence-corrected chi connectivity index (χ0v) is 10.1. The molecule has 0 saturated heterocycles. The van der Waals surface area contributed by atoms with Crippen LogP contribution in [-0.2, 0) is 4.79 Å². The van der Waals surface area contributed by atoms with Gasteiger partial charge in [0.15, 0.2) is 0 Å². The normalized spacial score (nSPS) is 12.7. The number of rotatable bonds is 4. The van der Waals surface area contributed by atoms with Crippen LogP contribution < -0.4 is 11.1 Å². The lowest BCUT2D eigenvalue weighted by atomic mass is 9.81. The summed E-state index contributed by atoms with van der Waals surface area (Å²) in [7, 11) is 0. The first-order valence-electron chi connectivity index (χ1n) is 5.34. The highest BCUT2D eigenvalue weighted by Gasteiger charge is 2.34. The van der Waals surface area contributed by atoms with Crippen molar-refractivity contribution in [2.24, 2.45) is 11.1 Å². The number of hydrogen-bond donors (Lipinski definition) is 2. The molecule has 0 unspecified atom stereocenters. The quantitative estimate of drug-likeness (QED) is 0.725. The summed E-state index contributed by atoms with van der Waals surface area (Å²) < 4.78 is 0. The summed E-state index contributed by atoms with van der Waals surface area (Å²) in [6.45, 7) is 10.4. The van der Waals surface area contributed by atoms with Gasteiger partial charge >= 0.3 is 0 Å². The van der Waals surface area contributed by atoms with Crippen LogP contribution in [0.15, 0.2) is 0 Å². The Morgan fingerprint density at radius 1 is 1.21 bits per heavy atom. The third-order valence-electron chi connectivity index (χ3n) is 2.71. The van der Waals surface area contributed by atoms with Gasteiger partial charge in [0.05, 0.1) is 5.41 Å². The van der Waals surface area contributed by atoms with E-state index in [9.17, 15) is 4.79 Å². The standard InChI is InChI=1S/C11H24N2O/c1-6-11(7-2,8-12)9(14)13-10(3,4)5/h6-8,12H2,1-5H3,(H,13,14). The molecule has 0 fully saturated rings. The van der Waals surface area contributed by atoms with E-state index >= 15 is 0 Å². The van der Waals surface area contributed by atoms with Crippen LogP contribution in [0.5, 0.6) is 0 Å². The molecule has 0 saturated carbocycles. The van der Waals surface area contributed by atoms with E-state index < -0.39 is 0 Å². The third-order valence-corrected chi connectivity index (χ3v) is 2.71. The summed E-state index contributed by atoms with van der Waals surface area (Å²) in [5.41, 5.74) is 5.13. The lowest BCUT2D eigenvalue weighted by Gasteiger charge is -2.32. The average molecular weight is 200 g/mol. The maximum absolute atomic E-state index is 12.0. The molecule has 0 radical (unpaired) electrons. The maximum atomic E-state index is 12.0. The lowest BCUT2D eigenvalue weighted by Crippen LogP contribution is -2.51. The molecule has 0 heterocycles. The first-order chi connectivity index (χ1) is 6.31. The summed E-state index contributed by atoms with van der Waals surface area (Å²) in [6.07, 6.45) is 1.59. The second-order valence-corrected chi connectivity index (χ2v) is 4.90. The van der Waals surface area contributed by atoms with Crippen molar-refractivity contribution in [2.75, 3.05) is 6.54 Å². The molecule has 0 bridgehead atoms. The van der Waals surface area contributed by atoms with Gasteiger partial charge in [-0.05, 0) is 33.6 Å². The van der Waals surface area contributed by atoms with Crippen LogP contribution in [0, 0.1) is 5.41 Å². The molecule has 84 valence electrons. The molecular formula is C11H24N2O. The van der Waals surface area contributed by atoms with Gasteiger partial charge in [0.25, 0.3) is 0 Å². The van der Waals surface area contributed by atoms with Crippen molar-refractivity contribution in [3.63, 3.8) is 0 Å². The van der Waals surface area contributed by atoms with Crippen molar-refractivity contribution < 1.29 is 4.79 Å². The highest BCUT2D eigenvalue weighted by atomic mass is 16.2. The van der Waals surface area contributed by atoms with Crippen LogP contribution in [0.1, 0.15) is 47.5 Å². The van der Waals surface area contributed by atoms with Crippen molar-refractivity contribution in [3.8, 4) is 0 Å².